The van der Waals surface area contributed by atoms with Crippen molar-refractivity contribution in [1.82, 2.24) is 10.2 Å². The molecule has 1 aliphatic rings. The maximum Gasteiger partial charge on any atom is 0.161 e. The van der Waals surface area contributed by atoms with Gasteiger partial charge in [-0.3, -0.25) is 0 Å². The molecule has 6 nitrogen and oxygen atoms in total. The normalized spacial score (nSPS) is 14.8. The van der Waals surface area contributed by atoms with Gasteiger partial charge in [0.05, 0.1) is 7.11 Å². The van der Waals surface area contributed by atoms with Gasteiger partial charge in [0.2, 0.25) is 0 Å². The molecular formula is C29H45ClN2O4. The lowest BCUT2D eigenvalue weighted by atomic mass is 9.86. The van der Waals surface area contributed by atoms with Crippen LogP contribution in [0.25, 0.3) is 0 Å². The first-order valence-electron chi connectivity index (χ1n) is 13.4. The van der Waals surface area contributed by atoms with Gasteiger partial charge >= 0.3 is 0 Å². The maximum absolute atomic E-state index is 10.2. The number of ether oxygens (including phenoxy) is 2. The smallest absolute Gasteiger partial charge is 0.161 e. The van der Waals surface area contributed by atoms with E-state index >= 15 is 0 Å². The Labute approximate surface area is 223 Å². The molecule has 0 spiro atoms. The first kappa shape index (κ1) is 30.1. The highest BCUT2D eigenvalue weighted by Crippen LogP contribution is 2.36. The van der Waals surface area contributed by atoms with Crippen molar-refractivity contribution >= 4 is 12.4 Å². The Balaban J connectivity index is 0.00000456. The predicted molar refractivity (Wildman–Crippen MR) is 149 cm³/mol. The second-order valence-corrected chi connectivity index (χ2v) is 9.52. The largest absolute Gasteiger partial charge is 0.504 e. The van der Waals surface area contributed by atoms with Crippen LogP contribution in [0.4, 0.5) is 0 Å². The number of benzene rings is 2. The first-order chi connectivity index (χ1) is 17.1. The number of rotatable bonds is 16. The van der Waals surface area contributed by atoms with E-state index in [1.807, 2.05) is 30.3 Å². The summed E-state index contributed by atoms with van der Waals surface area (Å²) < 4.78 is 11.1. The minimum atomic E-state index is 0. The highest BCUT2D eigenvalue weighted by Gasteiger charge is 2.26. The molecule has 36 heavy (non-hydrogen) atoms. The highest BCUT2D eigenvalue weighted by molar-refractivity contribution is 5.85. The van der Waals surface area contributed by atoms with E-state index in [2.05, 4.69) is 17.1 Å². The van der Waals surface area contributed by atoms with Crippen molar-refractivity contribution in [3.05, 3.63) is 47.5 Å². The topological polar surface area (TPSA) is 74.2 Å². The summed E-state index contributed by atoms with van der Waals surface area (Å²) in [6.07, 6.45) is 10.2. The fourth-order valence-electron chi connectivity index (χ4n) is 4.97. The number of hydrogen-bond acceptors (Lipinski definition) is 6. The Morgan fingerprint density at radius 1 is 0.944 bits per heavy atom. The molecular weight excluding hydrogens is 476 g/mol. The molecule has 2 aromatic carbocycles. The van der Waals surface area contributed by atoms with E-state index in [9.17, 15) is 10.2 Å². The van der Waals surface area contributed by atoms with Crippen LogP contribution in [0.5, 0.6) is 23.0 Å². The van der Waals surface area contributed by atoms with Gasteiger partial charge < -0.3 is 29.9 Å². The van der Waals surface area contributed by atoms with E-state index in [1.54, 1.807) is 13.2 Å². The Morgan fingerprint density at radius 2 is 1.69 bits per heavy atom. The molecule has 0 aromatic heterocycles. The molecule has 1 aliphatic carbocycles. The zero-order valence-electron chi connectivity index (χ0n) is 22.0. The predicted octanol–water partition coefficient (Wildman–Crippen LogP) is 5.72. The summed E-state index contributed by atoms with van der Waals surface area (Å²) in [5, 5.41) is 23.5. The summed E-state index contributed by atoms with van der Waals surface area (Å²) in [4.78, 5) is 2.67. The summed E-state index contributed by atoms with van der Waals surface area (Å²) >= 11 is 0. The first-order valence-corrected chi connectivity index (χ1v) is 13.4. The quantitative estimate of drug-likeness (QED) is 0.194. The highest BCUT2D eigenvalue weighted by atomic mass is 35.5. The number of phenolic OH excluding ortho intramolecular Hbond substituents is 2. The van der Waals surface area contributed by atoms with Crippen molar-refractivity contribution in [1.29, 1.82) is 0 Å². The molecule has 3 N–H and O–H groups in total. The minimum Gasteiger partial charge on any atom is -0.504 e. The summed E-state index contributed by atoms with van der Waals surface area (Å²) in [6, 6.07) is 11.9. The van der Waals surface area contributed by atoms with Crippen molar-refractivity contribution in [3.8, 4) is 23.0 Å². The van der Waals surface area contributed by atoms with E-state index in [0.29, 0.717) is 12.6 Å². The van der Waals surface area contributed by atoms with Crippen LogP contribution in [-0.2, 0) is 12.8 Å². The van der Waals surface area contributed by atoms with Gasteiger partial charge in [-0.15, -0.1) is 12.4 Å². The Hall–Kier alpha value is -2.15. The number of fused-ring (bicyclic) bond motifs is 1. The maximum atomic E-state index is 10.2. The summed E-state index contributed by atoms with van der Waals surface area (Å²) in [5.41, 5.74) is 2.14. The van der Waals surface area contributed by atoms with Crippen LogP contribution < -0.4 is 14.8 Å². The van der Waals surface area contributed by atoms with Crippen LogP contribution in [0.2, 0.25) is 0 Å². The lowest BCUT2D eigenvalue weighted by Gasteiger charge is -2.35. The number of para-hydroxylation sites is 2. The van der Waals surface area contributed by atoms with Gasteiger partial charge in [-0.25, -0.2) is 0 Å². The second-order valence-electron chi connectivity index (χ2n) is 9.52. The standard InChI is InChI=1S/C29H44N2O4.ClH/c1-3-4-19-31(24-14-15-25-23(22-24)13-16-26(32)29(25)33)20-10-6-5-9-17-30-18-21-35-28-12-8-7-11-27(28)34-2;/h7-8,11-13,16,24,30,32-33H,3-6,9-10,14-15,17-22H2,1-2H3;1H/t24-;/m0./s1. The van der Waals surface area contributed by atoms with E-state index in [4.69, 9.17) is 9.47 Å². The number of unbranched alkanes of at least 4 members (excludes halogenated alkanes) is 4. The third kappa shape index (κ3) is 9.06. The van der Waals surface area contributed by atoms with Crippen molar-refractivity contribution in [2.75, 3.05) is 39.9 Å². The molecule has 202 valence electrons. The average molecular weight is 521 g/mol. The molecule has 1 atom stereocenters. The number of phenols is 2. The Kier molecular flexibility index (Phi) is 13.8. The van der Waals surface area contributed by atoms with Crippen molar-refractivity contribution < 1.29 is 19.7 Å². The lowest BCUT2D eigenvalue weighted by Crippen LogP contribution is -2.40. The third-order valence-corrected chi connectivity index (χ3v) is 7.01. The number of nitrogens with zero attached hydrogens (tertiary/aromatic N) is 1. The van der Waals surface area contributed by atoms with Gasteiger partial charge in [-0.1, -0.05) is 44.4 Å². The van der Waals surface area contributed by atoms with Crippen LogP contribution in [0.1, 0.15) is 63.0 Å². The molecule has 0 bridgehead atoms. The average Bonchev–Trinajstić information content (AvgIpc) is 2.89. The number of aromatic hydroxyl groups is 2. The minimum absolute atomic E-state index is 0. The van der Waals surface area contributed by atoms with Gasteiger partial charge in [0, 0.05) is 18.2 Å². The van der Waals surface area contributed by atoms with Gasteiger partial charge in [0.1, 0.15) is 6.61 Å². The molecule has 3 rings (SSSR count). The Morgan fingerprint density at radius 3 is 2.47 bits per heavy atom. The molecule has 0 radical (unpaired) electrons. The number of halogens is 1. The van der Waals surface area contributed by atoms with Gasteiger partial charge in [0.25, 0.3) is 0 Å². The lowest BCUT2D eigenvalue weighted by molar-refractivity contribution is 0.172. The molecule has 0 saturated heterocycles. The van der Waals surface area contributed by atoms with E-state index in [-0.39, 0.29) is 23.9 Å². The van der Waals surface area contributed by atoms with Gasteiger partial charge in [-0.05, 0) is 81.9 Å². The van der Waals surface area contributed by atoms with Gasteiger partial charge in [0.15, 0.2) is 23.0 Å². The molecule has 0 amide bonds. The van der Waals surface area contributed by atoms with Crippen molar-refractivity contribution in [2.45, 2.75) is 70.8 Å². The molecule has 0 aliphatic heterocycles. The number of methoxy groups -OCH3 is 1. The van der Waals surface area contributed by atoms with E-state index < -0.39 is 0 Å². The fourth-order valence-corrected chi connectivity index (χ4v) is 4.97. The van der Waals surface area contributed by atoms with E-state index in [1.165, 1.54) is 44.1 Å². The van der Waals surface area contributed by atoms with E-state index in [0.717, 1.165) is 62.5 Å². The Bertz CT molecular complexity index is 896. The third-order valence-electron chi connectivity index (χ3n) is 7.01. The molecule has 7 heteroatoms. The second kappa shape index (κ2) is 16.6. The monoisotopic (exact) mass is 520 g/mol. The number of nitrogens with one attached hydrogen (secondary N) is 1. The zero-order chi connectivity index (χ0) is 24.9. The number of hydrogen-bond donors (Lipinski definition) is 3. The summed E-state index contributed by atoms with van der Waals surface area (Å²) in [5.74, 6) is 1.65. The van der Waals surface area contributed by atoms with Crippen LogP contribution in [-0.4, -0.2) is 61.1 Å². The molecule has 2 aromatic rings. The van der Waals surface area contributed by atoms with Crippen molar-refractivity contribution in [2.24, 2.45) is 0 Å². The van der Waals surface area contributed by atoms with Gasteiger partial charge in [-0.2, -0.15) is 0 Å². The summed E-state index contributed by atoms with van der Waals surface area (Å²) in [6.45, 7) is 7.03. The van der Waals surface area contributed by atoms with Crippen LogP contribution in [0.3, 0.4) is 0 Å². The zero-order valence-corrected chi connectivity index (χ0v) is 22.8. The molecule has 0 heterocycles. The molecule has 0 saturated carbocycles. The van der Waals surface area contributed by atoms with Crippen LogP contribution in [0.15, 0.2) is 36.4 Å². The van der Waals surface area contributed by atoms with Crippen molar-refractivity contribution in [3.63, 3.8) is 0 Å². The molecule has 0 fully saturated rings. The van der Waals surface area contributed by atoms with Crippen LogP contribution in [0, 0.1) is 0 Å². The molecule has 0 unspecified atom stereocenters. The SMILES string of the molecule is CCCCN(CCCCCCNCCOc1ccccc1OC)[C@H]1CCc2c(ccc(O)c2O)C1.Cl. The fraction of sp³-hybridized carbons (Fsp3) is 0.586. The van der Waals surface area contributed by atoms with Crippen LogP contribution >= 0.6 is 12.4 Å². The summed E-state index contributed by atoms with van der Waals surface area (Å²) in [7, 11) is 1.66.